The molecule has 1 saturated heterocycles. The molecule has 114 valence electrons. The predicted molar refractivity (Wildman–Crippen MR) is 78.5 cm³/mol. The molecule has 2 N–H and O–H groups in total. The summed E-state index contributed by atoms with van der Waals surface area (Å²) in [6.45, 7) is 3.19. The van der Waals surface area contributed by atoms with Crippen molar-refractivity contribution in [1.29, 1.82) is 0 Å². The zero-order valence-corrected chi connectivity index (χ0v) is 12.3. The first-order chi connectivity index (χ1) is 9.99. The number of likely N-dealkylation sites (tertiary alicyclic amines) is 1. The van der Waals surface area contributed by atoms with Gasteiger partial charge in [-0.05, 0) is 37.6 Å². The number of hydrogen-bond acceptors (Lipinski definition) is 4. The number of carbonyl (C=O) groups excluding carboxylic acids is 1. The highest BCUT2D eigenvalue weighted by Gasteiger charge is 2.28. The van der Waals surface area contributed by atoms with Gasteiger partial charge in [-0.3, -0.25) is 14.5 Å². The van der Waals surface area contributed by atoms with Crippen molar-refractivity contribution in [2.45, 2.75) is 13.3 Å². The summed E-state index contributed by atoms with van der Waals surface area (Å²) >= 11 is 0. The molecule has 0 aromatic heterocycles. The van der Waals surface area contributed by atoms with Gasteiger partial charge in [0.05, 0.1) is 25.3 Å². The third-order valence-corrected chi connectivity index (χ3v) is 3.62. The molecule has 6 heteroatoms. The lowest BCUT2D eigenvalue weighted by molar-refractivity contribution is -0.141. The summed E-state index contributed by atoms with van der Waals surface area (Å²) in [5, 5.41) is 11.8. The van der Waals surface area contributed by atoms with Gasteiger partial charge < -0.3 is 15.2 Å². The molecule has 1 aromatic carbocycles. The highest BCUT2D eigenvalue weighted by Crippen LogP contribution is 2.25. The Labute approximate surface area is 123 Å². The van der Waals surface area contributed by atoms with Crippen LogP contribution in [0, 0.1) is 12.8 Å². The summed E-state index contributed by atoms with van der Waals surface area (Å²) < 4.78 is 5.21. The van der Waals surface area contributed by atoms with E-state index < -0.39 is 5.97 Å². The van der Waals surface area contributed by atoms with Crippen LogP contribution in [0.2, 0.25) is 0 Å². The van der Waals surface area contributed by atoms with Crippen molar-refractivity contribution in [3.63, 3.8) is 0 Å². The topological polar surface area (TPSA) is 78.9 Å². The van der Waals surface area contributed by atoms with Crippen LogP contribution in [0.3, 0.4) is 0 Å². The lowest BCUT2D eigenvalue weighted by Crippen LogP contribution is -2.32. The van der Waals surface area contributed by atoms with E-state index >= 15 is 0 Å². The van der Waals surface area contributed by atoms with E-state index in [-0.39, 0.29) is 18.4 Å². The van der Waals surface area contributed by atoms with E-state index in [1.165, 1.54) is 0 Å². The van der Waals surface area contributed by atoms with Crippen LogP contribution in [-0.2, 0) is 9.59 Å². The van der Waals surface area contributed by atoms with Gasteiger partial charge in [0.1, 0.15) is 5.75 Å². The molecular weight excluding hydrogens is 272 g/mol. The van der Waals surface area contributed by atoms with Gasteiger partial charge in [0.25, 0.3) is 0 Å². The van der Waals surface area contributed by atoms with E-state index in [0.717, 1.165) is 5.56 Å². The van der Waals surface area contributed by atoms with Crippen LogP contribution in [0.25, 0.3) is 0 Å². The summed E-state index contributed by atoms with van der Waals surface area (Å²) in [5.41, 5.74) is 1.66. The fourth-order valence-electron chi connectivity index (χ4n) is 2.49. The minimum absolute atomic E-state index is 0.162. The van der Waals surface area contributed by atoms with Crippen molar-refractivity contribution >= 4 is 17.6 Å². The highest BCUT2D eigenvalue weighted by molar-refractivity contribution is 5.93. The zero-order valence-electron chi connectivity index (χ0n) is 12.3. The predicted octanol–water partition coefficient (Wildman–Crippen LogP) is 1.35. The van der Waals surface area contributed by atoms with E-state index in [0.29, 0.717) is 30.9 Å². The Morgan fingerprint density at radius 1 is 1.48 bits per heavy atom. The molecule has 1 atom stereocenters. The number of nitrogens with zero attached hydrogens (tertiary/aromatic N) is 1. The zero-order chi connectivity index (χ0) is 15.4. The Balaban J connectivity index is 1.93. The second kappa shape index (κ2) is 6.58. The van der Waals surface area contributed by atoms with E-state index in [4.69, 9.17) is 9.84 Å². The molecule has 0 saturated carbocycles. The van der Waals surface area contributed by atoms with Crippen molar-refractivity contribution in [2.24, 2.45) is 5.92 Å². The lowest BCUT2D eigenvalue weighted by Gasteiger charge is -2.16. The van der Waals surface area contributed by atoms with Crippen molar-refractivity contribution < 1.29 is 19.4 Å². The summed E-state index contributed by atoms with van der Waals surface area (Å²) in [7, 11) is 1.55. The molecule has 1 aromatic rings. The molecule has 0 spiro atoms. The Morgan fingerprint density at radius 2 is 2.24 bits per heavy atom. The first-order valence-electron chi connectivity index (χ1n) is 6.89. The number of carboxylic acid groups (broad SMARTS) is 1. The number of nitrogens with one attached hydrogen (secondary N) is 1. The second-order valence-corrected chi connectivity index (χ2v) is 5.31. The molecule has 21 heavy (non-hydrogen) atoms. The quantitative estimate of drug-likeness (QED) is 0.856. The number of carbonyl (C=O) groups is 2. The largest absolute Gasteiger partial charge is 0.495 e. The molecule has 1 fully saturated rings. The van der Waals surface area contributed by atoms with Gasteiger partial charge in [0.2, 0.25) is 5.91 Å². The molecular formula is C15H20N2O4. The molecule has 1 heterocycles. The number of amides is 1. The van der Waals surface area contributed by atoms with E-state index in [1.54, 1.807) is 13.2 Å². The third-order valence-electron chi connectivity index (χ3n) is 3.62. The number of benzene rings is 1. The third kappa shape index (κ3) is 3.95. The fraction of sp³-hybridized carbons (Fsp3) is 0.467. The molecule has 0 aliphatic carbocycles. The Bertz CT molecular complexity index is 544. The maximum Gasteiger partial charge on any atom is 0.307 e. The molecule has 1 unspecified atom stereocenters. The van der Waals surface area contributed by atoms with Crippen molar-refractivity contribution in [1.82, 2.24) is 4.90 Å². The van der Waals surface area contributed by atoms with Crippen molar-refractivity contribution in [3.05, 3.63) is 23.8 Å². The van der Waals surface area contributed by atoms with Crippen LogP contribution < -0.4 is 10.1 Å². The second-order valence-electron chi connectivity index (χ2n) is 5.31. The maximum absolute atomic E-state index is 12.1. The number of carboxylic acids is 1. The standard InChI is InChI=1S/C15H20N2O4/c1-10-3-4-13(21-2)12(7-10)16-14(18)9-17-6-5-11(8-17)15(19)20/h3-4,7,11H,5-6,8-9H2,1-2H3,(H,16,18)(H,19,20). The van der Waals surface area contributed by atoms with E-state index in [1.807, 2.05) is 24.0 Å². The summed E-state index contributed by atoms with van der Waals surface area (Å²) in [4.78, 5) is 24.8. The highest BCUT2D eigenvalue weighted by atomic mass is 16.5. The van der Waals surface area contributed by atoms with Gasteiger partial charge in [0.15, 0.2) is 0 Å². The van der Waals surface area contributed by atoms with Crippen LogP contribution in [0.1, 0.15) is 12.0 Å². The monoisotopic (exact) mass is 292 g/mol. The van der Waals surface area contributed by atoms with Crippen LogP contribution in [0.5, 0.6) is 5.75 Å². The number of aryl methyl sites for hydroxylation is 1. The van der Waals surface area contributed by atoms with E-state index in [9.17, 15) is 9.59 Å². The number of aliphatic carboxylic acids is 1. The van der Waals surface area contributed by atoms with Crippen LogP contribution >= 0.6 is 0 Å². The first kappa shape index (κ1) is 15.3. The Kier molecular flexibility index (Phi) is 4.80. The van der Waals surface area contributed by atoms with Crippen molar-refractivity contribution in [2.75, 3.05) is 32.1 Å². The average Bonchev–Trinajstić information content (AvgIpc) is 2.87. The average molecular weight is 292 g/mol. The smallest absolute Gasteiger partial charge is 0.307 e. The van der Waals surface area contributed by atoms with Gasteiger partial charge in [-0.15, -0.1) is 0 Å². The molecule has 6 nitrogen and oxygen atoms in total. The number of anilines is 1. The Morgan fingerprint density at radius 3 is 2.86 bits per heavy atom. The number of ether oxygens (including phenoxy) is 1. The summed E-state index contributed by atoms with van der Waals surface area (Å²) in [6, 6.07) is 5.56. The molecule has 0 bridgehead atoms. The molecule has 1 amide bonds. The minimum atomic E-state index is -0.793. The van der Waals surface area contributed by atoms with Crippen molar-refractivity contribution in [3.8, 4) is 5.75 Å². The van der Waals surface area contributed by atoms with Gasteiger partial charge in [0, 0.05) is 6.54 Å². The molecule has 1 aliphatic rings. The van der Waals surface area contributed by atoms with E-state index in [2.05, 4.69) is 5.32 Å². The number of hydrogen-bond donors (Lipinski definition) is 2. The maximum atomic E-state index is 12.1. The minimum Gasteiger partial charge on any atom is -0.495 e. The summed E-state index contributed by atoms with van der Waals surface area (Å²) in [6.07, 6.45) is 0.594. The number of rotatable bonds is 5. The van der Waals surface area contributed by atoms with Crippen LogP contribution in [-0.4, -0.2) is 48.6 Å². The van der Waals surface area contributed by atoms with Gasteiger partial charge in [-0.2, -0.15) is 0 Å². The molecule has 2 rings (SSSR count). The fourth-order valence-corrected chi connectivity index (χ4v) is 2.49. The van der Waals surface area contributed by atoms with Crippen LogP contribution in [0.15, 0.2) is 18.2 Å². The molecule has 0 radical (unpaired) electrons. The SMILES string of the molecule is COc1ccc(C)cc1NC(=O)CN1CCC(C(=O)O)C1. The lowest BCUT2D eigenvalue weighted by atomic mass is 10.1. The van der Waals surface area contributed by atoms with Gasteiger partial charge in [-0.1, -0.05) is 6.07 Å². The normalized spacial score (nSPS) is 18.5. The Hall–Kier alpha value is -2.08. The van der Waals surface area contributed by atoms with Crippen LogP contribution in [0.4, 0.5) is 5.69 Å². The number of methoxy groups -OCH3 is 1. The van der Waals surface area contributed by atoms with Gasteiger partial charge in [-0.25, -0.2) is 0 Å². The molecule has 1 aliphatic heterocycles. The van der Waals surface area contributed by atoms with Gasteiger partial charge >= 0.3 is 5.97 Å². The summed E-state index contributed by atoms with van der Waals surface area (Å²) in [5.74, 6) is -0.715. The first-order valence-corrected chi connectivity index (χ1v) is 6.89.